The highest BCUT2D eigenvalue weighted by molar-refractivity contribution is 5.85. The van der Waals surface area contributed by atoms with Crippen LogP contribution < -0.4 is 5.73 Å². The minimum absolute atomic E-state index is 0. The number of nitrogens with two attached hydrogens (primary N) is 1. The van der Waals surface area contributed by atoms with E-state index in [1.807, 2.05) is 41.9 Å². The topological polar surface area (TPSA) is 60.2 Å². The van der Waals surface area contributed by atoms with Gasteiger partial charge in [-0.2, -0.15) is 5.10 Å². The fourth-order valence-corrected chi connectivity index (χ4v) is 3.47. The maximum atomic E-state index is 6.19. The van der Waals surface area contributed by atoms with Crippen LogP contribution in [0.2, 0.25) is 0 Å². The van der Waals surface area contributed by atoms with Crippen LogP contribution in [0.3, 0.4) is 0 Å². The summed E-state index contributed by atoms with van der Waals surface area (Å²) in [5, 5.41) is 4.81. The first-order valence-corrected chi connectivity index (χ1v) is 8.79. The van der Waals surface area contributed by atoms with E-state index in [0.29, 0.717) is 5.92 Å². The van der Waals surface area contributed by atoms with Crippen molar-refractivity contribution in [1.29, 1.82) is 0 Å². The summed E-state index contributed by atoms with van der Waals surface area (Å²) in [5.74, 6) is 2.24. The maximum absolute atomic E-state index is 6.19. The molecule has 138 valence electrons. The summed E-state index contributed by atoms with van der Waals surface area (Å²) in [6.45, 7) is 6.95. The summed E-state index contributed by atoms with van der Waals surface area (Å²) in [5.41, 5.74) is 9.31. The number of furan rings is 1. The molecule has 6 heteroatoms. The summed E-state index contributed by atoms with van der Waals surface area (Å²) in [7, 11) is 0. The Bertz CT molecular complexity index is 848. The molecule has 1 fully saturated rings. The third-order valence-corrected chi connectivity index (χ3v) is 4.92. The Hall–Kier alpha value is -2.08. The van der Waals surface area contributed by atoms with Gasteiger partial charge in [0.1, 0.15) is 11.5 Å². The monoisotopic (exact) mass is 372 g/mol. The minimum Gasteiger partial charge on any atom is -0.460 e. The molecule has 3 heterocycles. The maximum Gasteiger partial charge on any atom is 0.154 e. The van der Waals surface area contributed by atoms with E-state index in [1.165, 1.54) is 5.56 Å². The third kappa shape index (κ3) is 3.70. The van der Waals surface area contributed by atoms with Crippen LogP contribution in [-0.4, -0.2) is 33.8 Å². The predicted molar refractivity (Wildman–Crippen MR) is 106 cm³/mol. The molecule has 1 aliphatic heterocycles. The van der Waals surface area contributed by atoms with Gasteiger partial charge in [-0.05, 0) is 37.1 Å². The zero-order valence-corrected chi connectivity index (χ0v) is 15.9. The van der Waals surface area contributed by atoms with E-state index < -0.39 is 0 Å². The molecule has 2 aromatic heterocycles. The molecule has 26 heavy (non-hydrogen) atoms. The molecular weight excluding hydrogens is 348 g/mol. The molecule has 0 aliphatic carbocycles. The highest BCUT2D eigenvalue weighted by atomic mass is 35.5. The first-order chi connectivity index (χ1) is 12.1. The lowest BCUT2D eigenvalue weighted by atomic mass is 10.1. The van der Waals surface area contributed by atoms with E-state index in [2.05, 4.69) is 30.2 Å². The standard InChI is InChI=1S/C20H24N4O.ClH/c1-14-10-23(13-18(14)21)11-16-12-24(17-6-4-3-5-7-17)22-20(16)19-9-8-15(2)25-19;/h3-9,12,14,18H,10-11,13,21H2,1-2H3;1H. The SMILES string of the molecule is Cc1ccc(-c2nn(-c3ccccc3)cc2CN2CC(C)C(N)C2)o1.Cl. The van der Waals surface area contributed by atoms with Crippen LogP contribution in [0.1, 0.15) is 18.2 Å². The van der Waals surface area contributed by atoms with Crippen LogP contribution in [0, 0.1) is 12.8 Å². The van der Waals surface area contributed by atoms with Gasteiger partial charge in [0.2, 0.25) is 0 Å². The highest BCUT2D eigenvalue weighted by Gasteiger charge is 2.28. The van der Waals surface area contributed by atoms with E-state index in [0.717, 1.165) is 42.5 Å². The number of benzene rings is 1. The Labute approximate surface area is 160 Å². The Kier molecular flexibility index (Phi) is 5.51. The van der Waals surface area contributed by atoms with Crippen LogP contribution in [0.25, 0.3) is 17.1 Å². The van der Waals surface area contributed by atoms with Crippen molar-refractivity contribution in [2.75, 3.05) is 13.1 Å². The smallest absolute Gasteiger partial charge is 0.154 e. The lowest BCUT2D eigenvalue weighted by Crippen LogP contribution is -2.28. The van der Waals surface area contributed by atoms with Gasteiger partial charge in [0.15, 0.2) is 5.76 Å². The van der Waals surface area contributed by atoms with Crippen molar-refractivity contribution in [3.8, 4) is 17.1 Å². The Balaban J connectivity index is 0.00000196. The van der Waals surface area contributed by atoms with Gasteiger partial charge in [0.05, 0.1) is 5.69 Å². The number of rotatable bonds is 4. The molecule has 2 N–H and O–H groups in total. The van der Waals surface area contributed by atoms with Crippen molar-refractivity contribution in [2.45, 2.75) is 26.4 Å². The molecule has 1 saturated heterocycles. The molecule has 0 saturated carbocycles. The second-order valence-corrected chi connectivity index (χ2v) is 7.03. The van der Waals surface area contributed by atoms with Crippen LogP contribution in [-0.2, 0) is 6.54 Å². The summed E-state index contributed by atoms with van der Waals surface area (Å²) in [6.07, 6.45) is 2.11. The first kappa shape index (κ1) is 18.7. The van der Waals surface area contributed by atoms with E-state index in [9.17, 15) is 0 Å². The van der Waals surface area contributed by atoms with Gasteiger partial charge in [-0.15, -0.1) is 12.4 Å². The lowest BCUT2D eigenvalue weighted by Gasteiger charge is -2.14. The normalized spacial score (nSPS) is 20.3. The Morgan fingerprint density at radius 2 is 1.92 bits per heavy atom. The molecule has 5 nitrogen and oxygen atoms in total. The third-order valence-electron chi connectivity index (χ3n) is 4.92. The van der Waals surface area contributed by atoms with Crippen molar-refractivity contribution >= 4 is 12.4 Å². The number of para-hydroxylation sites is 1. The molecule has 0 amide bonds. The fraction of sp³-hybridized carbons (Fsp3) is 0.350. The van der Waals surface area contributed by atoms with Gasteiger partial charge in [0.25, 0.3) is 0 Å². The van der Waals surface area contributed by atoms with Crippen molar-refractivity contribution in [3.63, 3.8) is 0 Å². The first-order valence-electron chi connectivity index (χ1n) is 8.79. The number of halogens is 1. The van der Waals surface area contributed by atoms with E-state index in [-0.39, 0.29) is 18.4 Å². The van der Waals surface area contributed by atoms with Gasteiger partial charge >= 0.3 is 0 Å². The van der Waals surface area contributed by atoms with Crippen LogP contribution in [0.5, 0.6) is 0 Å². The number of hydrogen-bond acceptors (Lipinski definition) is 4. The number of aryl methyl sites for hydroxylation is 1. The molecule has 1 aromatic carbocycles. The molecule has 0 radical (unpaired) electrons. The molecular formula is C20H25ClN4O. The number of nitrogens with zero attached hydrogens (tertiary/aromatic N) is 3. The second kappa shape index (κ2) is 7.66. The second-order valence-electron chi connectivity index (χ2n) is 7.03. The van der Waals surface area contributed by atoms with Crippen molar-refractivity contribution in [2.24, 2.45) is 11.7 Å². The number of hydrogen-bond donors (Lipinski definition) is 1. The van der Waals surface area contributed by atoms with Gasteiger partial charge < -0.3 is 10.2 Å². The molecule has 1 aliphatic rings. The Morgan fingerprint density at radius 1 is 1.15 bits per heavy atom. The molecule has 0 bridgehead atoms. The molecule has 2 atom stereocenters. The van der Waals surface area contributed by atoms with Gasteiger partial charge in [-0.3, -0.25) is 4.90 Å². The average molecular weight is 373 g/mol. The van der Waals surface area contributed by atoms with Gasteiger partial charge in [0, 0.05) is 37.4 Å². The summed E-state index contributed by atoms with van der Waals surface area (Å²) in [6, 6.07) is 14.4. The minimum atomic E-state index is 0. The summed E-state index contributed by atoms with van der Waals surface area (Å²) >= 11 is 0. The number of likely N-dealkylation sites (tertiary alicyclic amines) is 1. The molecule has 4 rings (SSSR count). The van der Waals surface area contributed by atoms with Gasteiger partial charge in [-0.1, -0.05) is 25.1 Å². The Morgan fingerprint density at radius 3 is 2.54 bits per heavy atom. The molecule has 2 unspecified atom stereocenters. The molecule has 3 aromatic rings. The largest absolute Gasteiger partial charge is 0.460 e. The van der Waals surface area contributed by atoms with E-state index in [1.54, 1.807) is 0 Å². The average Bonchev–Trinajstić information content (AvgIpc) is 3.29. The lowest BCUT2D eigenvalue weighted by molar-refractivity contribution is 0.319. The fourth-order valence-electron chi connectivity index (χ4n) is 3.47. The highest BCUT2D eigenvalue weighted by Crippen LogP contribution is 2.28. The predicted octanol–water partition coefficient (Wildman–Crippen LogP) is 3.64. The van der Waals surface area contributed by atoms with Crippen LogP contribution in [0.15, 0.2) is 53.1 Å². The quantitative estimate of drug-likeness (QED) is 0.759. The molecule has 0 spiro atoms. The number of aromatic nitrogens is 2. The van der Waals surface area contributed by atoms with Crippen molar-refractivity contribution < 1.29 is 4.42 Å². The summed E-state index contributed by atoms with van der Waals surface area (Å²) < 4.78 is 7.78. The zero-order chi connectivity index (χ0) is 17.4. The van der Waals surface area contributed by atoms with Gasteiger partial charge in [-0.25, -0.2) is 4.68 Å². The van der Waals surface area contributed by atoms with Crippen molar-refractivity contribution in [1.82, 2.24) is 14.7 Å². The van der Waals surface area contributed by atoms with Crippen LogP contribution >= 0.6 is 12.4 Å². The zero-order valence-electron chi connectivity index (χ0n) is 15.1. The van der Waals surface area contributed by atoms with Crippen LogP contribution in [0.4, 0.5) is 0 Å². The summed E-state index contributed by atoms with van der Waals surface area (Å²) in [4.78, 5) is 2.40. The van der Waals surface area contributed by atoms with Crippen molar-refractivity contribution in [3.05, 3.63) is 60.0 Å². The van der Waals surface area contributed by atoms with E-state index in [4.69, 9.17) is 15.2 Å². The van der Waals surface area contributed by atoms with E-state index >= 15 is 0 Å².